The summed E-state index contributed by atoms with van der Waals surface area (Å²) in [6.07, 6.45) is 7.40. The van der Waals surface area contributed by atoms with Crippen molar-refractivity contribution < 1.29 is 0 Å². The van der Waals surface area contributed by atoms with Crippen LogP contribution < -0.4 is 5.32 Å². The molecule has 0 saturated carbocycles. The normalized spacial score (nSPS) is 10.5. The van der Waals surface area contributed by atoms with Gasteiger partial charge in [-0.2, -0.15) is 0 Å². The minimum Gasteiger partial charge on any atom is -0.330 e. The Morgan fingerprint density at radius 3 is 3.07 bits per heavy atom. The van der Waals surface area contributed by atoms with E-state index in [9.17, 15) is 0 Å². The van der Waals surface area contributed by atoms with E-state index >= 15 is 0 Å². The molecule has 0 aromatic carbocycles. The third-order valence-corrected chi connectivity index (χ3v) is 2.24. The molecule has 15 heavy (non-hydrogen) atoms. The van der Waals surface area contributed by atoms with E-state index in [0.29, 0.717) is 0 Å². The van der Waals surface area contributed by atoms with Gasteiger partial charge in [0, 0.05) is 43.4 Å². The van der Waals surface area contributed by atoms with Crippen molar-refractivity contribution >= 4 is 0 Å². The second kappa shape index (κ2) is 4.70. The average molecular weight is 202 g/mol. The van der Waals surface area contributed by atoms with Gasteiger partial charge in [0.25, 0.3) is 0 Å². The highest BCUT2D eigenvalue weighted by Crippen LogP contribution is 2.14. The topological polar surface area (TPSA) is 42.7 Å². The Morgan fingerprint density at radius 2 is 2.33 bits per heavy atom. The number of likely N-dealkylation sites (N-methyl/N-ethyl adjacent to an activating group) is 1. The number of imidazole rings is 1. The summed E-state index contributed by atoms with van der Waals surface area (Å²) >= 11 is 0. The number of nitrogens with one attached hydrogen (secondary N) is 1. The molecule has 0 amide bonds. The van der Waals surface area contributed by atoms with Crippen molar-refractivity contribution in [3.05, 3.63) is 36.9 Å². The van der Waals surface area contributed by atoms with E-state index in [1.165, 1.54) is 0 Å². The lowest BCUT2D eigenvalue weighted by atomic mass is 10.3. The average Bonchev–Trinajstić information content (AvgIpc) is 2.75. The van der Waals surface area contributed by atoms with Crippen LogP contribution in [0.5, 0.6) is 0 Å². The SMILES string of the molecule is CNCCn1ccnc1-c1cccnc1. The van der Waals surface area contributed by atoms with Crippen LogP contribution >= 0.6 is 0 Å². The zero-order valence-electron chi connectivity index (χ0n) is 8.72. The molecule has 0 fully saturated rings. The molecule has 0 aliphatic rings. The Balaban J connectivity index is 2.25. The first kappa shape index (κ1) is 9.86. The van der Waals surface area contributed by atoms with Gasteiger partial charge in [-0.25, -0.2) is 4.98 Å². The number of pyridine rings is 1. The Kier molecular flexibility index (Phi) is 3.09. The summed E-state index contributed by atoms with van der Waals surface area (Å²) in [6, 6.07) is 3.94. The molecule has 0 aliphatic carbocycles. The Hall–Kier alpha value is -1.68. The van der Waals surface area contributed by atoms with Crippen LogP contribution in [0.15, 0.2) is 36.9 Å². The van der Waals surface area contributed by atoms with Gasteiger partial charge >= 0.3 is 0 Å². The maximum Gasteiger partial charge on any atom is 0.141 e. The molecule has 0 radical (unpaired) electrons. The van der Waals surface area contributed by atoms with E-state index in [-0.39, 0.29) is 0 Å². The second-order valence-electron chi connectivity index (χ2n) is 3.29. The predicted octanol–water partition coefficient (Wildman–Crippen LogP) is 1.16. The van der Waals surface area contributed by atoms with Crippen LogP contribution in [0, 0.1) is 0 Å². The van der Waals surface area contributed by atoms with Crippen molar-refractivity contribution in [2.24, 2.45) is 0 Å². The molecule has 0 atom stereocenters. The first-order chi connectivity index (χ1) is 7.42. The van der Waals surface area contributed by atoms with E-state index in [0.717, 1.165) is 24.5 Å². The van der Waals surface area contributed by atoms with Gasteiger partial charge in [-0.15, -0.1) is 0 Å². The molecule has 2 aromatic rings. The highest BCUT2D eigenvalue weighted by molar-refractivity contribution is 5.53. The van der Waals surface area contributed by atoms with E-state index in [1.54, 1.807) is 6.20 Å². The van der Waals surface area contributed by atoms with Gasteiger partial charge < -0.3 is 9.88 Å². The molecule has 2 aromatic heterocycles. The largest absolute Gasteiger partial charge is 0.330 e. The predicted molar refractivity (Wildman–Crippen MR) is 59.4 cm³/mol. The lowest BCUT2D eigenvalue weighted by molar-refractivity contribution is 0.649. The van der Waals surface area contributed by atoms with Crippen LogP contribution in [0.25, 0.3) is 11.4 Å². The fourth-order valence-corrected chi connectivity index (χ4v) is 1.48. The summed E-state index contributed by atoms with van der Waals surface area (Å²) in [5.41, 5.74) is 1.05. The van der Waals surface area contributed by atoms with Crippen molar-refractivity contribution in [1.29, 1.82) is 0 Å². The quantitative estimate of drug-likeness (QED) is 0.809. The third-order valence-electron chi connectivity index (χ3n) is 2.24. The molecule has 0 bridgehead atoms. The maximum absolute atomic E-state index is 4.33. The molecule has 1 N–H and O–H groups in total. The number of aromatic nitrogens is 3. The lowest BCUT2D eigenvalue weighted by Gasteiger charge is -2.06. The summed E-state index contributed by atoms with van der Waals surface area (Å²) < 4.78 is 2.12. The first-order valence-corrected chi connectivity index (χ1v) is 4.98. The standard InChI is InChI=1S/C11H14N4/c1-12-5-7-15-8-6-14-11(15)10-3-2-4-13-9-10/h2-4,6,8-9,12H,5,7H2,1H3. The fourth-order valence-electron chi connectivity index (χ4n) is 1.48. The van der Waals surface area contributed by atoms with E-state index in [2.05, 4.69) is 19.9 Å². The Morgan fingerprint density at radius 1 is 1.40 bits per heavy atom. The minimum atomic E-state index is 0.917. The first-order valence-electron chi connectivity index (χ1n) is 4.98. The molecule has 78 valence electrons. The number of rotatable bonds is 4. The number of hydrogen-bond acceptors (Lipinski definition) is 3. The van der Waals surface area contributed by atoms with Crippen LogP contribution in [-0.4, -0.2) is 28.1 Å². The zero-order chi connectivity index (χ0) is 10.5. The Bertz CT molecular complexity index is 408. The molecular weight excluding hydrogens is 188 g/mol. The fraction of sp³-hybridized carbons (Fsp3) is 0.273. The third kappa shape index (κ3) is 2.22. The van der Waals surface area contributed by atoms with Gasteiger partial charge in [0.15, 0.2) is 0 Å². The summed E-state index contributed by atoms with van der Waals surface area (Å²) in [7, 11) is 1.95. The Labute approximate surface area is 89.0 Å². The van der Waals surface area contributed by atoms with Crippen LogP contribution in [0.2, 0.25) is 0 Å². The molecule has 0 unspecified atom stereocenters. The van der Waals surface area contributed by atoms with E-state index in [4.69, 9.17) is 0 Å². The zero-order valence-corrected chi connectivity index (χ0v) is 8.72. The van der Waals surface area contributed by atoms with Crippen molar-refractivity contribution in [1.82, 2.24) is 19.9 Å². The van der Waals surface area contributed by atoms with Crippen molar-refractivity contribution in [2.75, 3.05) is 13.6 Å². The molecule has 2 rings (SSSR count). The molecule has 0 aliphatic heterocycles. The van der Waals surface area contributed by atoms with Gasteiger partial charge in [0.05, 0.1) is 0 Å². The summed E-state index contributed by atoms with van der Waals surface area (Å²) in [6.45, 7) is 1.85. The van der Waals surface area contributed by atoms with Crippen molar-refractivity contribution in [3.8, 4) is 11.4 Å². The highest BCUT2D eigenvalue weighted by Gasteiger charge is 2.04. The van der Waals surface area contributed by atoms with Crippen molar-refractivity contribution in [3.63, 3.8) is 0 Å². The second-order valence-corrected chi connectivity index (χ2v) is 3.29. The molecule has 4 nitrogen and oxygen atoms in total. The van der Waals surface area contributed by atoms with Gasteiger partial charge in [-0.1, -0.05) is 0 Å². The summed E-state index contributed by atoms with van der Waals surface area (Å²) in [4.78, 5) is 8.43. The van der Waals surface area contributed by atoms with Crippen LogP contribution in [0.1, 0.15) is 0 Å². The molecule has 0 spiro atoms. The monoisotopic (exact) mass is 202 g/mol. The van der Waals surface area contributed by atoms with Gasteiger partial charge in [-0.05, 0) is 19.2 Å². The smallest absolute Gasteiger partial charge is 0.141 e. The maximum atomic E-state index is 4.33. The van der Waals surface area contributed by atoms with Gasteiger partial charge in [0.1, 0.15) is 5.82 Å². The molecule has 2 heterocycles. The summed E-state index contributed by atoms with van der Waals surface area (Å²) in [5, 5.41) is 3.12. The molecular formula is C11H14N4. The minimum absolute atomic E-state index is 0.917. The molecule has 0 saturated heterocycles. The summed E-state index contributed by atoms with van der Waals surface area (Å²) in [5.74, 6) is 0.971. The number of nitrogens with zero attached hydrogens (tertiary/aromatic N) is 3. The molecule has 4 heteroatoms. The van der Waals surface area contributed by atoms with E-state index < -0.39 is 0 Å². The van der Waals surface area contributed by atoms with Crippen molar-refractivity contribution in [2.45, 2.75) is 6.54 Å². The lowest BCUT2D eigenvalue weighted by Crippen LogP contribution is -2.15. The van der Waals surface area contributed by atoms with Gasteiger partial charge in [0.2, 0.25) is 0 Å². The highest BCUT2D eigenvalue weighted by atomic mass is 15.1. The van der Waals surface area contributed by atoms with Crippen LogP contribution in [0.3, 0.4) is 0 Å². The van der Waals surface area contributed by atoms with E-state index in [1.807, 2.05) is 37.8 Å². The van der Waals surface area contributed by atoms with Gasteiger partial charge in [-0.3, -0.25) is 4.98 Å². The number of hydrogen-bond donors (Lipinski definition) is 1. The van der Waals surface area contributed by atoms with Crippen LogP contribution in [-0.2, 0) is 6.54 Å². The van der Waals surface area contributed by atoms with Crippen LogP contribution in [0.4, 0.5) is 0 Å².